The fraction of sp³-hybridized carbons (Fsp3) is 0.308. The van der Waals surface area contributed by atoms with Gasteiger partial charge in [-0.25, -0.2) is 9.59 Å². The largest absolute Gasteiger partial charge is 0.508 e. The fourth-order valence-corrected chi connectivity index (χ4v) is 5.30. The summed E-state index contributed by atoms with van der Waals surface area (Å²) in [5, 5.41) is 9.40. The number of non-ortho nitro benzene ring substituents is 1. The van der Waals surface area contributed by atoms with E-state index in [-0.39, 0.29) is 37.0 Å². The molecule has 0 spiro atoms. The number of nitro benzene ring substituents is 1. The maximum absolute atomic E-state index is 13.1. The van der Waals surface area contributed by atoms with E-state index in [1.807, 2.05) is 6.07 Å². The zero-order valence-corrected chi connectivity index (χ0v) is 21.8. The first-order valence-corrected chi connectivity index (χ1v) is 12.8. The number of β-lactam (4-membered cyclic amide) rings is 1. The molecule has 0 aromatic heterocycles. The van der Waals surface area contributed by atoms with Gasteiger partial charge in [-0.15, -0.1) is 0 Å². The normalized spacial score (nSPS) is 19.0. The van der Waals surface area contributed by atoms with Gasteiger partial charge in [-0.1, -0.05) is 42.1 Å². The van der Waals surface area contributed by atoms with Gasteiger partial charge < -0.3 is 18.9 Å². The summed E-state index contributed by atoms with van der Waals surface area (Å²) in [7, 11) is 0. The first-order valence-electron chi connectivity index (χ1n) is 11.9. The van der Waals surface area contributed by atoms with E-state index in [2.05, 4.69) is 0 Å². The predicted molar refractivity (Wildman–Crippen MR) is 135 cm³/mol. The molecule has 1 amide bonds. The number of fused-ring (bicyclic) bond motifs is 1. The summed E-state index contributed by atoms with van der Waals surface area (Å²) in [5.41, 5.74) is 0.833. The molecular formula is C26H24N2O10S. The van der Waals surface area contributed by atoms with Crippen molar-refractivity contribution in [1.29, 1.82) is 0 Å². The number of esters is 1. The van der Waals surface area contributed by atoms with E-state index in [0.717, 1.165) is 22.2 Å². The molecule has 3 atom stereocenters. The van der Waals surface area contributed by atoms with Crippen molar-refractivity contribution < 1.29 is 43.0 Å². The minimum absolute atomic E-state index is 0.0693. The van der Waals surface area contributed by atoms with E-state index in [9.17, 15) is 29.3 Å². The van der Waals surface area contributed by atoms with Crippen molar-refractivity contribution in [2.24, 2.45) is 5.92 Å². The van der Waals surface area contributed by atoms with Crippen LogP contribution >= 0.6 is 11.8 Å². The molecule has 2 aromatic carbocycles. The van der Waals surface area contributed by atoms with E-state index >= 15 is 0 Å². The third kappa shape index (κ3) is 6.03. The highest BCUT2D eigenvalue weighted by atomic mass is 32.2. The van der Waals surface area contributed by atoms with E-state index in [1.165, 1.54) is 31.2 Å². The van der Waals surface area contributed by atoms with Gasteiger partial charge in [0, 0.05) is 12.1 Å². The Morgan fingerprint density at radius 2 is 1.67 bits per heavy atom. The van der Waals surface area contributed by atoms with Crippen molar-refractivity contribution in [1.82, 2.24) is 4.90 Å². The van der Waals surface area contributed by atoms with Crippen LogP contribution in [0.1, 0.15) is 25.0 Å². The molecule has 204 valence electrons. The number of hydrogen-bond acceptors (Lipinski definition) is 11. The Balaban J connectivity index is 1.40. The number of carbonyl (C=O) groups excluding carboxylic acids is 4. The Morgan fingerprint density at radius 3 is 2.31 bits per heavy atom. The van der Waals surface area contributed by atoms with Crippen molar-refractivity contribution in [3.05, 3.63) is 87.3 Å². The number of rotatable bonds is 10. The second-order valence-electron chi connectivity index (χ2n) is 8.49. The summed E-state index contributed by atoms with van der Waals surface area (Å²) in [6.07, 6.45) is -2.05. The molecule has 0 N–H and O–H groups in total. The average Bonchev–Trinajstić information content (AvgIpc) is 2.92. The summed E-state index contributed by atoms with van der Waals surface area (Å²) >= 11 is 0.789. The quantitative estimate of drug-likeness (QED) is 0.182. The first kappa shape index (κ1) is 27.6. The Kier molecular flexibility index (Phi) is 8.49. The molecule has 1 saturated heterocycles. The van der Waals surface area contributed by atoms with Crippen molar-refractivity contribution in [2.75, 3.05) is 6.61 Å². The van der Waals surface area contributed by atoms with Crippen LogP contribution in [0, 0.1) is 16.0 Å². The lowest BCUT2D eigenvalue weighted by atomic mass is 9.91. The monoisotopic (exact) mass is 556 g/mol. The number of thioether (sulfide) groups is 1. The van der Waals surface area contributed by atoms with Crippen molar-refractivity contribution in [3.8, 4) is 0 Å². The summed E-state index contributed by atoms with van der Waals surface area (Å²) in [6, 6.07) is 14.3. The number of carbonyl (C=O) groups is 4. The SMILES string of the molecule is CCOC1=C(C(=O)OCc2ccccc2)N2C(=O)[C@H]([C@@H](C)OC(=O)OCc3ccc([N+](=O)[O-])cc3)[C@@H]2SC1=O. The van der Waals surface area contributed by atoms with Crippen LogP contribution < -0.4 is 0 Å². The molecule has 1 fully saturated rings. The lowest BCUT2D eigenvalue weighted by molar-refractivity contribution is -0.384. The molecule has 13 heteroatoms. The van der Waals surface area contributed by atoms with E-state index in [0.29, 0.717) is 5.56 Å². The van der Waals surface area contributed by atoms with Gasteiger partial charge in [0.1, 0.15) is 30.6 Å². The van der Waals surface area contributed by atoms with Gasteiger partial charge in [0.2, 0.25) is 11.7 Å². The molecule has 0 aliphatic carbocycles. The molecule has 2 aliphatic heterocycles. The summed E-state index contributed by atoms with van der Waals surface area (Å²) in [5.74, 6) is -2.62. The maximum Gasteiger partial charge on any atom is 0.508 e. The molecule has 0 bridgehead atoms. The minimum Gasteiger partial charge on any atom is -0.487 e. The third-order valence-corrected chi connectivity index (χ3v) is 7.08. The molecule has 0 unspecified atom stereocenters. The van der Waals surface area contributed by atoms with Crippen LogP contribution in [0.3, 0.4) is 0 Å². The lowest BCUT2D eigenvalue weighted by Crippen LogP contribution is -2.65. The Bertz CT molecular complexity index is 1310. The van der Waals surface area contributed by atoms with Gasteiger partial charge >= 0.3 is 12.1 Å². The zero-order valence-electron chi connectivity index (χ0n) is 20.9. The molecule has 2 aromatic rings. The lowest BCUT2D eigenvalue weighted by Gasteiger charge is -2.49. The molecule has 0 saturated carbocycles. The van der Waals surface area contributed by atoms with Gasteiger partial charge in [0.25, 0.3) is 10.8 Å². The highest BCUT2D eigenvalue weighted by Crippen LogP contribution is 2.46. The zero-order chi connectivity index (χ0) is 28.1. The number of amides is 1. The number of nitro groups is 1. The van der Waals surface area contributed by atoms with E-state index in [1.54, 1.807) is 31.2 Å². The molecule has 4 rings (SSSR count). The number of ether oxygens (including phenoxy) is 4. The second-order valence-corrected chi connectivity index (χ2v) is 9.58. The average molecular weight is 557 g/mol. The molecule has 2 heterocycles. The minimum atomic E-state index is -1.06. The smallest absolute Gasteiger partial charge is 0.487 e. The second kappa shape index (κ2) is 12.0. The van der Waals surface area contributed by atoms with Gasteiger partial charge in [0.05, 0.1) is 11.5 Å². The topological polar surface area (TPSA) is 152 Å². The highest BCUT2D eigenvalue weighted by molar-refractivity contribution is 8.14. The Labute approximate surface area is 227 Å². The first-order chi connectivity index (χ1) is 18.7. The maximum atomic E-state index is 13.1. The van der Waals surface area contributed by atoms with Gasteiger partial charge in [-0.2, -0.15) is 0 Å². The highest BCUT2D eigenvalue weighted by Gasteiger charge is 2.59. The number of hydrogen-bond donors (Lipinski definition) is 0. The van der Waals surface area contributed by atoms with Gasteiger partial charge in [-0.05, 0) is 37.1 Å². The van der Waals surface area contributed by atoms with Crippen LogP contribution in [0.15, 0.2) is 66.1 Å². The fourth-order valence-electron chi connectivity index (χ4n) is 4.02. The van der Waals surface area contributed by atoms with Crippen LogP contribution in [0.25, 0.3) is 0 Å². The van der Waals surface area contributed by atoms with E-state index in [4.69, 9.17) is 18.9 Å². The van der Waals surface area contributed by atoms with Crippen LogP contribution in [-0.4, -0.2) is 51.1 Å². The summed E-state index contributed by atoms with van der Waals surface area (Å²) < 4.78 is 21.1. The number of nitrogens with zero attached hydrogens (tertiary/aromatic N) is 2. The molecule has 39 heavy (non-hydrogen) atoms. The van der Waals surface area contributed by atoms with E-state index < -0.39 is 45.5 Å². The Hall–Kier alpha value is -4.39. The van der Waals surface area contributed by atoms with Crippen LogP contribution in [-0.2, 0) is 46.5 Å². The molecule has 12 nitrogen and oxygen atoms in total. The Morgan fingerprint density at radius 1 is 1.03 bits per heavy atom. The van der Waals surface area contributed by atoms with Crippen LogP contribution in [0.4, 0.5) is 10.5 Å². The van der Waals surface area contributed by atoms with Crippen molar-refractivity contribution in [2.45, 2.75) is 38.5 Å². The van der Waals surface area contributed by atoms with Crippen LogP contribution in [0.5, 0.6) is 0 Å². The van der Waals surface area contributed by atoms with Crippen molar-refractivity contribution in [3.63, 3.8) is 0 Å². The standard InChI is InChI=1S/C26H24N2O10S/c1-3-35-21-20(24(30)36-13-16-7-5-4-6-8-16)27-22(29)19(23(27)39-25(21)31)15(2)38-26(32)37-14-17-9-11-18(12-10-17)28(33)34/h4-12,15,19,23H,3,13-14H2,1-2H3/t15-,19+,23+/m1/s1. The summed E-state index contributed by atoms with van der Waals surface area (Å²) in [6.45, 7) is 2.94. The van der Waals surface area contributed by atoms with Gasteiger partial charge in [-0.3, -0.25) is 24.6 Å². The molecular weight excluding hydrogens is 532 g/mol. The predicted octanol–water partition coefficient (Wildman–Crippen LogP) is 3.69. The van der Waals surface area contributed by atoms with Gasteiger partial charge in [0.15, 0.2) is 5.70 Å². The summed E-state index contributed by atoms with van der Waals surface area (Å²) in [4.78, 5) is 62.6. The van der Waals surface area contributed by atoms with Crippen molar-refractivity contribution >= 4 is 40.6 Å². The third-order valence-electron chi connectivity index (χ3n) is 5.94. The molecule has 0 radical (unpaired) electrons. The van der Waals surface area contributed by atoms with Crippen LogP contribution in [0.2, 0.25) is 0 Å². The number of benzene rings is 2. The molecule has 2 aliphatic rings.